The van der Waals surface area contributed by atoms with Gasteiger partial charge in [0.2, 0.25) is 11.9 Å². The number of H-pyrrole nitrogens is 1. The number of anilines is 1. The van der Waals surface area contributed by atoms with Crippen molar-refractivity contribution in [1.82, 2.24) is 24.4 Å². The monoisotopic (exact) mass is 474 g/mol. The maximum absolute atomic E-state index is 14.4. The third-order valence-corrected chi connectivity index (χ3v) is 6.20. The molecule has 0 saturated carbocycles. The first kappa shape index (κ1) is 22.6. The Labute approximate surface area is 199 Å². The van der Waals surface area contributed by atoms with Crippen LogP contribution in [0.4, 0.5) is 10.1 Å². The molecule has 9 nitrogen and oxygen atoms in total. The van der Waals surface area contributed by atoms with Crippen LogP contribution in [0.5, 0.6) is 0 Å². The molecular weight excluding hydrogens is 451 g/mol. The van der Waals surface area contributed by atoms with Crippen LogP contribution >= 0.6 is 0 Å². The number of para-hydroxylation sites is 1. The minimum Gasteiger partial charge on any atom is -0.322 e. The van der Waals surface area contributed by atoms with Crippen molar-refractivity contribution in [2.24, 2.45) is 5.92 Å². The van der Waals surface area contributed by atoms with Crippen LogP contribution in [-0.4, -0.2) is 43.4 Å². The Morgan fingerprint density at radius 2 is 1.91 bits per heavy atom. The third-order valence-electron chi connectivity index (χ3n) is 6.20. The van der Waals surface area contributed by atoms with Crippen molar-refractivity contribution in [3.8, 4) is 0 Å². The van der Waals surface area contributed by atoms with Gasteiger partial charge in [-0.2, -0.15) is 4.39 Å². The molecule has 4 heterocycles. The van der Waals surface area contributed by atoms with E-state index in [9.17, 15) is 18.8 Å². The molecular formula is C25H23FN6O3. The lowest BCUT2D eigenvalue weighted by Crippen LogP contribution is -2.30. The molecule has 2 N–H and O–H groups in total. The average molecular weight is 474 g/mol. The maximum Gasteiger partial charge on any atom is 0.329 e. The molecule has 0 spiro atoms. The highest BCUT2D eigenvalue weighted by Gasteiger charge is 2.29. The number of nitrogens with zero attached hydrogens (tertiary/aromatic N) is 4. The highest BCUT2D eigenvalue weighted by atomic mass is 19.1. The minimum atomic E-state index is -0.799. The number of pyridine rings is 2. The summed E-state index contributed by atoms with van der Waals surface area (Å²) in [6.45, 7) is 2.11. The molecule has 35 heavy (non-hydrogen) atoms. The normalized spacial score (nSPS) is 16.0. The lowest BCUT2D eigenvalue weighted by molar-refractivity contribution is -0.119. The zero-order valence-corrected chi connectivity index (χ0v) is 18.8. The molecule has 0 radical (unpaired) electrons. The van der Waals surface area contributed by atoms with Crippen LogP contribution in [0.25, 0.3) is 10.9 Å². The molecule has 1 atom stereocenters. The molecule has 1 aliphatic rings. The van der Waals surface area contributed by atoms with Crippen LogP contribution in [0.3, 0.4) is 0 Å². The summed E-state index contributed by atoms with van der Waals surface area (Å²) < 4.78 is 15.8. The van der Waals surface area contributed by atoms with Crippen molar-refractivity contribution >= 4 is 22.5 Å². The Morgan fingerprint density at radius 1 is 1.11 bits per heavy atom. The molecule has 1 aliphatic heterocycles. The number of carbonyl (C=O) groups is 1. The second-order valence-corrected chi connectivity index (χ2v) is 8.61. The topological polar surface area (TPSA) is 113 Å². The molecule has 178 valence electrons. The summed E-state index contributed by atoms with van der Waals surface area (Å²) in [6.07, 6.45) is 5.46. The highest BCUT2D eigenvalue weighted by Crippen LogP contribution is 2.22. The van der Waals surface area contributed by atoms with E-state index in [2.05, 4.69) is 25.2 Å². The largest absolute Gasteiger partial charge is 0.329 e. The summed E-state index contributed by atoms with van der Waals surface area (Å²) in [7, 11) is 0. The molecule has 10 heteroatoms. The van der Waals surface area contributed by atoms with Crippen LogP contribution in [0.1, 0.15) is 17.5 Å². The zero-order chi connectivity index (χ0) is 24.4. The van der Waals surface area contributed by atoms with Gasteiger partial charge in [0.25, 0.3) is 5.56 Å². The van der Waals surface area contributed by atoms with E-state index < -0.39 is 17.2 Å². The number of halogens is 1. The summed E-state index contributed by atoms with van der Waals surface area (Å²) in [5, 5.41) is 3.03. The molecule has 0 aliphatic carbocycles. The first-order valence-corrected chi connectivity index (χ1v) is 11.3. The van der Waals surface area contributed by atoms with Crippen molar-refractivity contribution in [1.29, 1.82) is 0 Å². The summed E-state index contributed by atoms with van der Waals surface area (Å²) in [5.74, 6) is -1.34. The van der Waals surface area contributed by atoms with E-state index in [-0.39, 0.29) is 24.1 Å². The fourth-order valence-electron chi connectivity index (χ4n) is 4.42. The summed E-state index contributed by atoms with van der Waals surface area (Å²) in [4.78, 5) is 49.7. The molecule has 3 aromatic heterocycles. The molecule has 1 aromatic carbocycles. The molecule has 0 unspecified atom stereocenters. The fourth-order valence-corrected chi connectivity index (χ4v) is 4.42. The Hall–Kier alpha value is -4.18. The van der Waals surface area contributed by atoms with Crippen molar-refractivity contribution < 1.29 is 9.18 Å². The van der Waals surface area contributed by atoms with Gasteiger partial charge < -0.3 is 5.32 Å². The van der Waals surface area contributed by atoms with E-state index in [1.165, 1.54) is 16.8 Å². The number of hydrogen-bond donors (Lipinski definition) is 2. The van der Waals surface area contributed by atoms with E-state index >= 15 is 0 Å². The number of carbonyl (C=O) groups excluding carboxylic acids is 1. The number of aromatic nitrogens is 4. The summed E-state index contributed by atoms with van der Waals surface area (Å²) >= 11 is 0. The van der Waals surface area contributed by atoms with Gasteiger partial charge in [0, 0.05) is 31.7 Å². The van der Waals surface area contributed by atoms with Crippen LogP contribution in [0, 0.1) is 11.9 Å². The molecule has 1 fully saturated rings. The first-order chi connectivity index (χ1) is 17.0. The van der Waals surface area contributed by atoms with Gasteiger partial charge in [-0.05, 0) is 54.4 Å². The molecule has 1 saturated heterocycles. The van der Waals surface area contributed by atoms with Crippen LogP contribution in [0.2, 0.25) is 0 Å². The van der Waals surface area contributed by atoms with Gasteiger partial charge >= 0.3 is 5.69 Å². The third kappa shape index (κ3) is 4.87. The molecule has 0 bridgehead atoms. The lowest BCUT2D eigenvalue weighted by Gasteiger charge is -2.16. The number of nitrogens with one attached hydrogen (secondary N) is 2. The van der Waals surface area contributed by atoms with Crippen LogP contribution in [0.15, 0.2) is 70.6 Å². The standard InChI is InChI=1S/C25H23FN6O3/c26-22-20(29-23(33)18-7-10-31(15-18)13-16-5-8-27-9-6-16)11-17(12-28-22)14-32-21-4-2-1-3-19(21)24(34)30-25(32)35/h1-6,8-9,11-12,18H,7,10,13-15H2,(H,29,33)(H,30,34,35)/t18-/m0/s1. The quantitative estimate of drug-likeness (QED) is 0.414. The van der Waals surface area contributed by atoms with Crippen molar-refractivity contribution in [3.05, 3.63) is 99.0 Å². The second-order valence-electron chi connectivity index (χ2n) is 8.61. The Balaban J connectivity index is 1.31. The van der Waals surface area contributed by atoms with Crippen molar-refractivity contribution in [2.45, 2.75) is 19.5 Å². The average Bonchev–Trinajstić information content (AvgIpc) is 3.33. The van der Waals surface area contributed by atoms with E-state index in [0.29, 0.717) is 29.4 Å². The number of benzene rings is 1. The van der Waals surface area contributed by atoms with E-state index in [4.69, 9.17) is 0 Å². The van der Waals surface area contributed by atoms with Gasteiger partial charge in [0.1, 0.15) is 0 Å². The number of amides is 1. The molecule has 1 amide bonds. The van der Waals surface area contributed by atoms with Crippen LogP contribution < -0.4 is 16.6 Å². The Bertz CT molecular complexity index is 1500. The molecule has 5 rings (SSSR count). The predicted molar refractivity (Wildman–Crippen MR) is 128 cm³/mol. The number of rotatable bonds is 6. The van der Waals surface area contributed by atoms with Gasteiger partial charge in [-0.1, -0.05) is 12.1 Å². The number of likely N-dealkylation sites (tertiary alicyclic amines) is 1. The lowest BCUT2D eigenvalue weighted by atomic mass is 10.1. The Kier molecular flexibility index (Phi) is 6.19. The van der Waals surface area contributed by atoms with Crippen molar-refractivity contribution in [3.63, 3.8) is 0 Å². The van der Waals surface area contributed by atoms with E-state index in [1.807, 2.05) is 12.1 Å². The SMILES string of the molecule is O=C(Nc1cc(Cn2c(=O)[nH]c(=O)c3ccccc32)cnc1F)[C@H]1CCN(Cc2ccncc2)C1. The second kappa shape index (κ2) is 9.59. The molecule has 4 aromatic rings. The van der Waals surface area contributed by atoms with E-state index in [1.54, 1.807) is 36.7 Å². The van der Waals surface area contributed by atoms with E-state index in [0.717, 1.165) is 18.7 Å². The minimum absolute atomic E-state index is 0.0399. The Morgan fingerprint density at radius 3 is 2.74 bits per heavy atom. The van der Waals surface area contributed by atoms with Gasteiger partial charge in [0.15, 0.2) is 0 Å². The predicted octanol–water partition coefficient (Wildman–Crippen LogP) is 2.13. The van der Waals surface area contributed by atoms with Gasteiger partial charge in [-0.25, -0.2) is 9.78 Å². The summed E-state index contributed by atoms with van der Waals surface area (Å²) in [6, 6.07) is 12.1. The van der Waals surface area contributed by atoms with Gasteiger partial charge in [-0.15, -0.1) is 0 Å². The highest BCUT2D eigenvalue weighted by molar-refractivity contribution is 5.93. The van der Waals surface area contributed by atoms with Crippen LogP contribution in [-0.2, 0) is 17.9 Å². The number of aromatic amines is 1. The summed E-state index contributed by atoms with van der Waals surface area (Å²) in [5.41, 5.74) is 0.990. The maximum atomic E-state index is 14.4. The van der Waals surface area contributed by atoms with Gasteiger partial charge in [-0.3, -0.25) is 29.0 Å². The van der Waals surface area contributed by atoms with Gasteiger partial charge in [0.05, 0.1) is 29.1 Å². The first-order valence-electron chi connectivity index (χ1n) is 11.3. The zero-order valence-electron chi connectivity index (χ0n) is 18.8. The smallest absolute Gasteiger partial charge is 0.322 e. The number of hydrogen-bond acceptors (Lipinski definition) is 6. The van der Waals surface area contributed by atoms with Crippen molar-refractivity contribution in [2.75, 3.05) is 18.4 Å². The fraction of sp³-hybridized carbons (Fsp3) is 0.240. The number of fused-ring (bicyclic) bond motifs is 1.